The van der Waals surface area contributed by atoms with Crippen LogP contribution in [0.5, 0.6) is 5.75 Å². The molecule has 35 heavy (non-hydrogen) atoms. The van der Waals surface area contributed by atoms with Crippen molar-refractivity contribution in [3.63, 3.8) is 0 Å². The summed E-state index contributed by atoms with van der Waals surface area (Å²) in [5.74, 6) is 0.300. The van der Waals surface area contributed by atoms with E-state index in [-0.39, 0.29) is 22.8 Å². The van der Waals surface area contributed by atoms with Crippen LogP contribution in [0.15, 0.2) is 42.5 Å². The van der Waals surface area contributed by atoms with Crippen molar-refractivity contribution in [2.45, 2.75) is 50.9 Å². The zero-order chi connectivity index (χ0) is 24.8. The molecule has 8 nitrogen and oxygen atoms in total. The van der Waals surface area contributed by atoms with Crippen LogP contribution in [0.3, 0.4) is 0 Å². The molecule has 2 aromatic carbocycles. The number of nitro benzene ring substituents is 1. The number of benzene rings is 2. The van der Waals surface area contributed by atoms with Crippen LogP contribution in [-0.2, 0) is 19.7 Å². The smallest absolute Gasteiger partial charge is 0.312 e. The van der Waals surface area contributed by atoms with Gasteiger partial charge >= 0.3 is 11.7 Å². The number of rotatable bonds is 7. The molecule has 4 bridgehead atoms. The number of carbonyl (C=O) groups is 2. The predicted octanol–water partition coefficient (Wildman–Crippen LogP) is 4.93. The summed E-state index contributed by atoms with van der Waals surface area (Å²) < 4.78 is 10.7. The summed E-state index contributed by atoms with van der Waals surface area (Å²) in [5, 5.41) is 13.9. The molecule has 0 spiro atoms. The highest BCUT2D eigenvalue weighted by molar-refractivity contribution is 5.94. The molecule has 1 N–H and O–H groups in total. The van der Waals surface area contributed by atoms with Gasteiger partial charge in [0.1, 0.15) is 0 Å². The average molecular weight is 479 g/mol. The molecular weight excluding hydrogens is 448 g/mol. The molecule has 2 aromatic rings. The maximum atomic E-state index is 13.4. The van der Waals surface area contributed by atoms with Gasteiger partial charge in [0, 0.05) is 17.8 Å². The van der Waals surface area contributed by atoms with Crippen LogP contribution in [0.1, 0.15) is 49.7 Å². The molecule has 0 aromatic heterocycles. The quantitative estimate of drug-likeness (QED) is 0.343. The number of ether oxygens (including phenoxy) is 2. The summed E-state index contributed by atoms with van der Waals surface area (Å²) in [6, 6.07) is 13.3. The first-order valence-electron chi connectivity index (χ1n) is 12.1. The number of amides is 1. The van der Waals surface area contributed by atoms with Gasteiger partial charge < -0.3 is 14.8 Å². The van der Waals surface area contributed by atoms with Crippen LogP contribution in [0.25, 0.3) is 0 Å². The number of anilines is 1. The van der Waals surface area contributed by atoms with Gasteiger partial charge in [-0.1, -0.05) is 30.3 Å². The van der Waals surface area contributed by atoms with Crippen LogP contribution < -0.4 is 10.1 Å². The van der Waals surface area contributed by atoms with E-state index in [1.54, 1.807) is 6.92 Å². The molecule has 0 saturated heterocycles. The van der Waals surface area contributed by atoms with E-state index in [1.165, 1.54) is 31.2 Å². The summed E-state index contributed by atoms with van der Waals surface area (Å²) in [5.41, 5.74) is 1.51. The molecule has 8 heteroatoms. The number of aryl methyl sites for hydroxylation is 1. The van der Waals surface area contributed by atoms with Crippen molar-refractivity contribution in [1.82, 2.24) is 0 Å². The molecule has 4 aliphatic rings. The highest BCUT2D eigenvalue weighted by Crippen LogP contribution is 2.66. The van der Waals surface area contributed by atoms with Gasteiger partial charge in [-0.2, -0.15) is 0 Å². The number of nitrogens with one attached hydrogen (secondary N) is 1. The Morgan fingerprint density at radius 2 is 1.80 bits per heavy atom. The molecule has 1 amide bonds. The topological polar surface area (TPSA) is 108 Å². The average Bonchev–Trinajstić information content (AvgIpc) is 2.83. The van der Waals surface area contributed by atoms with Gasteiger partial charge in [0.15, 0.2) is 12.4 Å². The fourth-order valence-corrected chi connectivity index (χ4v) is 7.21. The summed E-state index contributed by atoms with van der Waals surface area (Å²) >= 11 is 0. The Morgan fingerprint density at radius 3 is 2.43 bits per heavy atom. The van der Waals surface area contributed by atoms with E-state index in [1.807, 2.05) is 6.07 Å². The summed E-state index contributed by atoms with van der Waals surface area (Å²) in [6.07, 6.45) is 5.84. The summed E-state index contributed by atoms with van der Waals surface area (Å²) in [4.78, 5) is 36.7. The first-order valence-corrected chi connectivity index (χ1v) is 12.1. The maximum Gasteiger partial charge on any atom is 0.312 e. The van der Waals surface area contributed by atoms with Gasteiger partial charge in [0.2, 0.25) is 0 Å². The largest absolute Gasteiger partial charge is 0.490 e. The van der Waals surface area contributed by atoms with Crippen molar-refractivity contribution in [3.05, 3.63) is 63.7 Å². The van der Waals surface area contributed by atoms with E-state index in [0.717, 1.165) is 32.1 Å². The number of nitro groups is 1. The third-order valence-electron chi connectivity index (χ3n) is 8.21. The van der Waals surface area contributed by atoms with Crippen LogP contribution in [0.4, 0.5) is 11.4 Å². The molecule has 6 rings (SSSR count). The third kappa shape index (κ3) is 4.15. The zero-order valence-corrected chi connectivity index (χ0v) is 20.0. The third-order valence-corrected chi connectivity index (χ3v) is 8.21. The number of methoxy groups -OCH3 is 1. The summed E-state index contributed by atoms with van der Waals surface area (Å²) in [6.45, 7) is 1.26. The second-order valence-corrected chi connectivity index (χ2v) is 10.6. The molecule has 2 unspecified atom stereocenters. The molecule has 4 atom stereocenters. The van der Waals surface area contributed by atoms with E-state index in [0.29, 0.717) is 23.1 Å². The van der Waals surface area contributed by atoms with Crippen molar-refractivity contribution in [2.24, 2.45) is 17.3 Å². The van der Waals surface area contributed by atoms with Crippen LogP contribution in [-0.4, -0.2) is 30.5 Å². The van der Waals surface area contributed by atoms with Crippen molar-refractivity contribution < 1.29 is 24.0 Å². The Balaban J connectivity index is 1.28. The number of nitrogens with zero attached hydrogens (tertiary/aromatic N) is 1. The Labute approximate surface area is 204 Å². The lowest BCUT2D eigenvalue weighted by molar-refractivity contribution is -0.385. The molecule has 0 heterocycles. The summed E-state index contributed by atoms with van der Waals surface area (Å²) in [7, 11) is 1.33. The van der Waals surface area contributed by atoms with Gasteiger partial charge in [0.05, 0.1) is 17.4 Å². The Bertz CT molecular complexity index is 1160. The standard InChI is InChI=1S/C27H30N2O6/c1-17-8-22(29(32)33)23(34-2)10-21(17)28-24(30)15-35-25(31)27-13-18-9-19(14-27)12-26(11-18,16-27)20-6-4-3-5-7-20/h3-8,10,18-19H,9,11-16H2,1-2H3,(H,28,30)/t18-,19+,26?,27?. The maximum absolute atomic E-state index is 13.4. The Morgan fingerprint density at radius 1 is 1.11 bits per heavy atom. The molecule has 4 fully saturated rings. The second kappa shape index (κ2) is 8.66. The van der Waals surface area contributed by atoms with Gasteiger partial charge in [-0.15, -0.1) is 0 Å². The first-order chi connectivity index (χ1) is 16.7. The highest BCUT2D eigenvalue weighted by Gasteiger charge is 2.61. The molecular formula is C27H30N2O6. The molecule has 4 saturated carbocycles. The normalized spacial score (nSPS) is 28.4. The number of esters is 1. The minimum atomic E-state index is -0.535. The zero-order valence-electron chi connectivity index (χ0n) is 20.0. The van der Waals surface area contributed by atoms with Crippen LogP contribution >= 0.6 is 0 Å². The van der Waals surface area contributed by atoms with E-state index >= 15 is 0 Å². The van der Waals surface area contributed by atoms with E-state index in [4.69, 9.17) is 9.47 Å². The van der Waals surface area contributed by atoms with Crippen molar-refractivity contribution in [2.75, 3.05) is 19.0 Å². The number of hydrogen-bond acceptors (Lipinski definition) is 6. The van der Waals surface area contributed by atoms with Gasteiger partial charge in [-0.3, -0.25) is 19.7 Å². The molecule has 4 aliphatic carbocycles. The van der Waals surface area contributed by atoms with Crippen molar-refractivity contribution in [3.8, 4) is 5.75 Å². The number of hydrogen-bond donors (Lipinski definition) is 1. The first kappa shape index (κ1) is 23.3. The second-order valence-electron chi connectivity index (χ2n) is 10.6. The molecule has 184 valence electrons. The van der Waals surface area contributed by atoms with Crippen LogP contribution in [0.2, 0.25) is 0 Å². The predicted molar refractivity (Wildman–Crippen MR) is 129 cm³/mol. The van der Waals surface area contributed by atoms with Gasteiger partial charge in [-0.25, -0.2) is 0 Å². The van der Waals surface area contributed by atoms with E-state index in [9.17, 15) is 19.7 Å². The SMILES string of the molecule is COc1cc(NC(=O)COC(=O)C23C[C@H]4C[C@@H](C2)CC(c2ccccc2)(C4)C3)c(C)cc1[N+](=O)[O-]. The lowest BCUT2D eigenvalue weighted by atomic mass is 9.43. The molecule has 0 radical (unpaired) electrons. The minimum absolute atomic E-state index is 0.0129. The molecule has 0 aliphatic heterocycles. The lowest BCUT2D eigenvalue weighted by Gasteiger charge is -2.61. The van der Waals surface area contributed by atoms with E-state index < -0.39 is 22.9 Å². The fraction of sp³-hybridized carbons (Fsp3) is 0.481. The fourth-order valence-electron chi connectivity index (χ4n) is 7.21. The Hall–Kier alpha value is -3.42. The highest BCUT2D eigenvalue weighted by atomic mass is 16.6. The van der Waals surface area contributed by atoms with Crippen molar-refractivity contribution in [1.29, 1.82) is 0 Å². The monoisotopic (exact) mass is 478 g/mol. The minimum Gasteiger partial charge on any atom is -0.490 e. The number of carbonyl (C=O) groups excluding carboxylic acids is 2. The van der Waals surface area contributed by atoms with Crippen LogP contribution in [0, 0.1) is 34.3 Å². The van der Waals surface area contributed by atoms with Crippen molar-refractivity contribution >= 4 is 23.3 Å². The van der Waals surface area contributed by atoms with Gasteiger partial charge in [0.25, 0.3) is 5.91 Å². The van der Waals surface area contributed by atoms with Gasteiger partial charge in [-0.05, 0) is 73.8 Å². The lowest BCUT2D eigenvalue weighted by Crippen LogP contribution is -2.57. The Kier molecular flexibility index (Phi) is 5.77. The van der Waals surface area contributed by atoms with E-state index in [2.05, 4.69) is 29.6 Å².